The highest BCUT2D eigenvalue weighted by Crippen LogP contribution is 2.23. The molecule has 100 valence electrons. The summed E-state index contributed by atoms with van der Waals surface area (Å²) >= 11 is 0. The molecule has 0 aliphatic carbocycles. The molecule has 1 fully saturated rings. The SMILES string of the molecule is CCCC1CCCN(C(COC)C(=O)O)CC1. The summed E-state index contributed by atoms with van der Waals surface area (Å²) in [6, 6.07) is -0.472. The van der Waals surface area contributed by atoms with Crippen LogP contribution in [0.4, 0.5) is 0 Å². The van der Waals surface area contributed by atoms with E-state index in [4.69, 9.17) is 4.74 Å². The molecule has 2 unspecified atom stereocenters. The third kappa shape index (κ3) is 4.64. The Hall–Kier alpha value is -0.610. The van der Waals surface area contributed by atoms with Gasteiger partial charge in [0.25, 0.3) is 0 Å². The van der Waals surface area contributed by atoms with Crippen LogP contribution in [0.15, 0.2) is 0 Å². The molecule has 0 aromatic heterocycles. The number of hydrogen-bond donors (Lipinski definition) is 1. The molecule has 1 saturated heterocycles. The minimum Gasteiger partial charge on any atom is -0.480 e. The Morgan fingerprint density at radius 3 is 2.82 bits per heavy atom. The summed E-state index contributed by atoms with van der Waals surface area (Å²) in [5.41, 5.74) is 0. The van der Waals surface area contributed by atoms with Crippen molar-refractivity contribution in [1.29, 1.82) is 0 Å². The zero-order valence-electron chi connectivity index (χ0n) is 11.0. The molecule has 2 atom stereocenters. The lowest BCUT2D eigenvalue weighted by atomic mass is 9.96. The molecule has 4 heteroatoms. The van der Waals surface area contributed by atoms with E-state index in [1.165, 1.54) is 19.3 Å². The van der Waals surface area contributed by atoms with E-state index in [1.54, 1.807) is 7.11 Å². The Bertz CT molecular complexity index is 233. The lowest BCUT2D eigenvalue weighted by Crippen LogP contribution is -2.44. The van der Waals surface area contributed by atoms with E-state index in [0.717, 1.165) is 31.8 Å². The Kier molecular flexibility index (Phi) is 6.52. The molecule has 17 heavy (non-hydrogen) atoms. The van der Waals surface area contributed by atoms with Gasteiger partial charge in [0.2, 0.25) is 0 Å². The van der Waals surface area contributed by atoms with Gasteiger partial charge in [0.05, 0.1) is 6.61 Å². The summed E-state index contributed by atoms with van der Waals surface area (Å²) in [4.78, 5) is 13.3. The van der Waals surface area contributed by atoms with E-state index in [-0.39, 0.29) is 6.61 Å². The highest BCUT2D eigenvalue weighted by Gasteiger charge is 2.27. The van der Waals surface area contributed by atoms with Gasteiger partial charge in [-0.3, -0.25) is 9.69 Å². The largest absolute Gasteiger partial charge is 0.480 e. The van der Waals surface area contributed by atoms with E-state index >= 15 is 0 Å². The normalized spacial score (nSPS) is 24.2. The van der Waals surface area contributed by atoms with Crippen molar-refractivity contribution in [3.8, 4) is 0 Å². The van der Waals surface area contributed by atoms with Crippen molar-refractivity contribution < 1.29 is 14.6 Å². The molecule has 0 aromatic carbocycles. The number of likely N-dealkylation sites (tertiary alicyclic amines) is 1. The van der Waals surface area contributed by atoms with Gasteiger partial charge < -0.3 is 9.84 Å². The van der Waals surface area contributed by atoms with Crippen molar-refractivity contribution in [2.75, 3.05) is 26.8 Å². The molecular weight excluding hydrogens is 218 g/mol. The van der Waals surface area contributed by atoms with Crippen molar-refractivity contribution >= 4 is 5.97 Å². The fraction of sp³-hybridized carbons (Fsp3) is 0.923. The number of hydrogen-bond acceptors (Lipinski definition) is 3. The first-order valence-corrected chi connectivity index (χ1v) is 6.64. The Labute approximate surface area is 104 Å². The maximum atomic E-state index is 11.2. The minimum absolute atomic E-state index is 0.285. The third-order valence-electron chi connectivity index (χ3n) is 3.63. The maximum Gasteiger partial charge on any atom is 0.323 e. The van der Waals surface area contributed by atoms with Crippen LogP contribution < -0.4 is 0 Å². The van der Waals surface area contributed by atoms with E-state index < -0.39 is 12.0 Å². The molecule has 1 heterocycles. The van der Waals surface area contributed by atoms with E-state index in [1.807, 2.05) is 0 Å². The Morgan fingerprint density at radius 2 is 2.24 bits per heavy atom. The molecular formula is C13H25NO3. The summed E-state index contributed by atoms with van der Waals surface area (Å²) < 4.78 is 5.01. The predicted octanol–water partition coefficient (Wildman–Crippen LogP) is 1.99. The highest BCUT2D eigenvalue weighted by atomic mass is 16.5. The van der Waals surface area contributed by atoms with Gasteiger partial charge in [0.15, 0.2) is 0 Å². The van der Waals surface area contributed by atoms with Gasteiger partial charge in [0, 0.05) is 7.11 Å². The highest BCUT2D eigenvalue weighted by molar-refractivity contribution is 5.73. The van der Waals surface area contributed by atoms with Crippen LogP contribution in [-0.2, 0) is 9.53 Å². The molecule has 1 N–H and O–H groups in total. The summed E-state index contributed by atoms with van der Waals surface area (Å²) in [7, 11) is 1.56. The molecule has 0 bridgehead atoms. The lowest BCUT2D eigenvalue weighted by Gasteiger charge is -2.26. The van der Waals surface area contributed by atoms with Crippen LogP contribution in [-0.4, -0.2) is 48.8 Å². The van der Waals surface area contributed by atoms with Crippen LogP contribution in [0.5, 0.6) is 0 Å². The average Bonchev–Trinajstić information content (AvgIpc) is 2.52. The Morgan fingerprint density at radius 1 is 1.47 bits per heavy atom. The number of carboxylic acid groups (broad SMARTS) is 1. The monoisotopic (exact) mass is 243 g/mol. The summed E-state index contributed by atoms with van der Waals surface area (Å²) in [6.45, 7) is 4.28. The van der Waals surface area contributed by atoms with E-state index in [2.05, 4.69) is 11.8 Å². The fourth-order valence-corrected chi connectivity index (χ4v) is 2.69. The van der Waals surface area contributed by atoms with Crippen molar-refractivity contribution in [3.63, 3.8) is 0 Å². The average molecular weight is 243 g/mol. The van der Waals surface area contributed by atoms with Gasteiger partial charge in [-0.2, -0.15) is 0 Å². The van der Waals surface area contributed by atoms with Gasteiger partial charge in [-0.15, -0.1) is 0 Å². The van der Waals surface area contributed by atoms with Gasteiger partial charge in [-0.25, -0.2) is 0 Å². The molecule has 1 rings (SSSR count). The number of ether oxygens (including phenoxy) is 1. The first-order chi connectivity index (χ1) is 8.19. The van der Waals surface area contributed by atoms with Crippen molar-refractivity contribution in [2.24, 2.45) is 5.92 Å². The summed E-state index contributed by atoms with van der Waals surface area (Å²) in [5, 5.41) is 9.20. The Balaban J connectivity index is 2.50. The molecule has 0 aromatic rings. The number of methoxy groups -OCH3 is 1. The zero-order valence-corrected chi connectivity index (χ0v) is 11.0. The van der Waals surface area contributed by atoms with Crippen molar-refractivity contribution in [2.45, 2.75) is 45.1 Å². The molecule has 0 spiro atoms. The predicted molar refractivity (Wildman–Crippen MR) is 67.1 cm³/mol. The molecule has 0 amide bonds. The number of carbonyl (C=O) groups is 1. The van der Waals surface area contributed by atoms with E-state index in [0.29, 0.717) is 0 Å². The van der Waals surface area contributed by atoms with Crippen LogP contribution in [0, 0.1) is 5.92 Å². The van der Waals surface area contributed by atoms with Crippen molar-refractivity contribution in [1.82, 2.24) is 4.90 Å². The van der Waals surface area contributed by atoms with Gasteiger partial charge in [-0.1, -0.05) is 19.8 Å². The number of aliphatic carboxylic acids is 1. The fourth-order valence-electron chi connectivity index (χ4n) is 2.69. The molecule has 0 saturated carbocycles. The van der Waals surface area contributed by atoms with Crippen LogP contribution in [0.3, 0.4) is 0 Å². The summed E-state index contributed by atoms with van der Waals surface area (Å²) in [6.07, 6.45) is 5.98. The number of rotatable bonds is 6. The molecule has 0 radical (unpaired) electrons. The minimum atomic E-state index is -0.763. The first-order valence-electron chi connectivity index (χ1n) is 6.64. The van der Waals surface area contributed by atoms with Gasteiger partial charge in [-0.05, 0) is 38.3 Å². The lowest BCUT2D eigenvalue weighted by molar-refractivity contribution is -0.145. The van der Waals surface area contributed by atoms with Gasteiger partial charge in [0.1, 0.15) is 6.04 Å². The maximum absolute atomic E-state index is 11.2. The molecule has 1 aliphatic rings. The number of carboxylic acids is 1. The standard InChI is InChI=1S/C13H25NO3/c1-3-5-11-6-4-8-14(9-7-11)12(10-17-2)13(15)16/h11-12H,3-10H2,1-2H3,(H,15,16). The topological polar surface area (TPSA) is 49.8 Å². The van der Waals surface area contributed by atoms with Crippen molar-refractivity contribution in [3.05, 3.63) is 0 Å². The quantitative estimate of drug-likeness (QED) is 0.775. The van der Waals surface area contributed by atoms with E-state index in [9.17, 15) is 9.90 Å². The third-order valence-corrected chi connectivity index (χ3v) is 3.63. The van der Waals surface area contributed by atoms with Gasteiger partial charge >= 0.3 is 5.97 Å². The smallest absolute Gasteiger partial charge is 0.323 e. The van der Waals surface area contributed by atoms with Crippen LogP contribution in [0.25, 0.3) is 0 Å². The first kappa shape index (κ1) is 14.5. The second-order valence-corrected chi connectivity index (χ2v) is 4.93. The molecule has 1 aliphatic heterocycles. The molecule has 4 nitrogen and oxygen atoms in total. The second-order valence-electron chi connectivity index (χ2n) is 4.93. The van der Waals surface area contributed by atoms with Crippen LogP contribution in [0.2, 0.25) is 0 Å². The summed E-state index contributed by atoms with van der Waals surface area (Å²) in [5.74, 6) is 0.0165. The second kappa shape index (κ2) is 7.67. The van der Waals surface area contributed by atoms with Crippen LogP contribution in [0.1, 0.15) is 39.0 Å². The zero-order chi connectivity index (χ0) is 12.7. The van der Waals surface area contributed by atoms with Crippen LogP contribution >= 0.6 is 0 Å². The number of nitrogens with zero attached hydrogens (tertiary/aromatic N) is 1.